The fourth-order valence-electron chi connectivity index (χ4n) is 3.64. The van der Waals surface area contributed by atoms with Crippen LogP contribution in [0.5, 0.6) is 5.75 Å². The van der Waals surface area contributed by atoms with Crippen LogP contribution in [-0.4, -0.2) is 58.2 Å². The van der Waals surface area contributed by atoms with Gasteiger partial charge in [0.15, 0.2) is 0 Å². The van der Waals surface area contributed by atoms with E-state index in [4.69, 9.17) is 9.47 Å². The van der Waals surface area contributed by atoms with Crippen molar-refractivity contribution in [2.75, 3.05) is 27.4 Å². The maximum absolute atomic E-state index is 12.9. The van der Waals surface area contributed by atoms with Gasteiger partial charge in [0.1, 0.15) is 12.4 Å². The van der Waals surface area contributed by atoms with Crippen molar-refractivity contribution in [2.24, 2.45) is 0 Å². The third-order valence-corrected chi connectivity index (χ3v) is 6.94. The van der Waals surface area contributed by atoms with Gasteiger partial charge in [0, 0.05) is 32.3 Å². The van der Waals surface area contributed by atoms with Crippen LogP contribution in [0, 0.1) is 0 Å². The highest BCUT2D eigenvalue weighted by atomic mass is 32.2. The van der Waals surface area contributed by atoms with Crippen molar-refractivity contribution >= 4 is 10.0 Å². The Hall–Kier alpha value is -1.15. The van der Waals surface area contributed by atoms with Gasteiger partial charge in [-0.3, -0.25) is 0 Å². The van der Waals surface area contributed by atoms with Gasteiger partial charge in [-0.2, -0.15) is 4.31 Å². The van der Waals surface area contributed by atoms with Crippen molar-refractivity contribution in [3.05, 3.63) is 24.3 Å². The Balaban J connectivity index is 1.67. The lowest BCUT2D eigenvalue weighted by Gasteiger charge is -2.34. The van der Waals surface area contributed by atoms with Crippen molar-refractivity contribution in [2.45, 2.75) is 48.7 Å². The molecule has 1 N–H and O–H groups in total. The Morgan fingerprint density at radius 1 is 1.12 bits per heavy atom. The average molecular weight is 354 g/mol. The SMILES string of the molecule is COCCOc1ccc(S(=O)(=O)N(C)C2CC3CCC(C2)N3)cc1. The van der Waals surface area contributed by atoms with E-state index < -0.39 is 10.0 Å². The molecule has 2 unspecified atom stereocenters. The Morgan fingerprint density at radius 3 is 2.33 bits per heavy atom. The van der Waals surface area contributed by atoms with Crippen LogP contribution < -0.4 is 10.1 Å². The summed E-state index contributed by atoms with van der Waals surface area (Å²) >= 11 is 0. The highest BCUT2D eigenvalue weighted by molar-refractivity contribution is 7.89. The molecule has 7 heteroatoms. The smallest absolute Gasteiger partial charge is 0.243 e. The van der Waals surface area contributed by atoms with E-state index in [2.05, 4.69) is 5.32 Å². The lowest BCUT2D eigenvalue weighted by Crippen LogP contribution is -2.48. The minimum Gasteiger partial charge on any atom is -0.491 e. The molecule has 0 amide bonds. The topological polar surface area (TPSA) is 67.9 Å². The van der Waals surface area contributed by atoms with Gasteiger partial charge in [-0.1, -0.05) is 0 Å². The molecule has 6 nitrogen and oxygen atoms in total. The molecule has 2 aliphatic heterocycles. The fourth-order valence-corrected chi connectivity index (χ4v) is 5.01. The second kappa shape index (κ2) is 7.39. The summed E-state index contributed by atoms with van der Waals surface area (Å²) < 4.78 is 37.7. The zero-order valence-electron chi connectivity index (χ0n) is 14.3. The number of sulfonamides is 1. The number of piperidine rings is 1. The van der Waals surface area contributed by atoms with E-state index in [1.165, 1.54) is 0 Å². The van der Waals surface area contributed by atoms with Gasteiger partial charge in [0.2, 0.25) is 10.0 Å². The van der Waals surface area contributed by atoms with E-state index in [1.807, 2.05) is 0 Å². The Labute approximate surface area is 144 Å². The Kier molecular flexibility index (Phi) is 5.44. The minimum atomic E-state index is -3.47. The molecule has 2 saturated heterocycles. The summed E-state index contributed by atoms with van der Waals surface area (Å²) in [4.78, 5) is 0.315. The van der Waals surface area contributed by atoms with Gasteiger partial charge < -0.3 is 14.8 Å². The van der Waals surface area contributed by atoms with E-state index in [9.17, 15) is 8.42 Å². The highest BCUT2D eigenvalue weighted by Gasteiger charge is 2.38. The fraction of sp³-hybridized carbons (Fsp3) is 0.647. The summed E-state index contributed by atoms with van der Waals surface area (Å²) in [5.41, 5.74) is 0. The van der Waals surface area contributed by atoms with Gasteiger partial charge in [-0.05, 0) is 49.9 Å². The second-order valence-electron chi connectivity index (χ2n) is 6.60. The predicted molar refractivity (Wildman–Crippen MR) is 91.7 cm³/mol. The van der Waals surface area contributed by atoms with Crippen molar-refractivity contribution in [1.29, 1.82) is 0 Å². The van der Waals surface area contributed by atoms with Crippen LogP contribution in [0.25, 0.3) is 0 Å². The molecule has 2 heterocycles. The predicted octanol–water partition coefficient (Wildman–Crippen LogP) is 1.62. The number of benzene rings is 1. The number of fused-ring (bicyclic) bond motifs is 2. The molecule has 2 atom stereocenters. The summed E-state index contributed by atoms with van der Waals surface area (Å²) in [7, 11) is -0.159. The zero-order chi connectivity index (χ0) is 17.2. The molecular formula is C17H26N2O4S. The molecule has 1 aromatic carbocycles. The summed E-state index contributed by atoms with van der Waals surface area (Å²) in [5.74, 6) is 0.647. The molecule has 3 rings (SSSR count). The average Bonchev–Trinajstić information content (AvgIpc) is 2.93. The van der Waals surface area contributed by atoms with Crippen LogP contribution in [0.1, 0.15) is 25.7 Å². The first kappa shape index (κ1) is 17.7. The Bertz CT molecular complexity index is 635. The third-order valence-electron chi connectivity index (χ3n) is 5.02. The van der Waals surface area contributed by atoms with Crippen LogP contribution >= 0.6 is 0 Å². The molecule has 24 heavy (non-hydrogen) atoms. The molecule has 0 aliphatic carbocycles. The van der Waals surface area contributed by atoms with Crippen LogP contribution in [0.4, 0.5) is 0 Å². The second-order valence-corrected chi connectivity index (χ2v) is 8.59. The quantitative estimate of drug-likeness (QED) is 0.754. The molecule has 0 saturated carbocycles. The van der Waals surface area contributed by atoms with Gasteiger partial charge in [-0.25, -0.2) is 8.42 Å². The van der Waals surface area contributed by atoms with Gasteiger partial charge in [-0.15, -0.1) is 0 Å². The number of nitrogens with one attached hydrogen (secondary N) is 1. The standard InChI is InChI=1S/C17H26N2O4S/c1-19(15-11-13-3-4-14(12-15)18-13)24(20,21)17-7-5-16(6-8-17)23-10-9-22-2/h5-8,13-15,18H,3-4,9-12H2,1-2H3. The van der Waals surface area contributed by atoms with Crippen molar-refractivity contribution in [3.8, 4) is 5.75 Å². The first-order chi connectivity index (χ1) is 11.5. The van der Waals surface area contributed by atoms with Crippen LogP contribution in [-0.2, 0) is 14.8 Å². The number of methoxy groups -OCH3 is 1. The van der Waals surface area contributed by atoms with Gasteiger partial charge in [0.05, 0.1) is 11.5 Å². The Morgan fingerprint density at radius 2 is 1.75 bits per heavy atom. The molecular weight excluding hydrogens is 328 g/mol. The van der Waals surface area contributed by atoms with Crippen LogP contribution in [0.15, 0.2) is 29.2 Å². The van der Waals surface area contributed by atoms with E-state index in [0.29, 0.717) is 35.9 Å². The molecule has 0 radical (unpaired) electrons. The number of hydrogen-bond donors (Lipinski definition) is 1. The molecule has 2 aliphatic rings. The number of hydrogen-bond acceptors (Lipinski definition) is 5. The van der Waals surface area contributed by atoms with E-state index in [1.54, 1.807) is 42.7 Å². The first-order valence-corrected chi connectivity index (χ1v) is 9.90. The van der Waals surface area contributed by atoms with Crippen molar-refractivity contribution < 1.29 is 17.9 Å². The van der Waals surface area contributed by atoms with Crippen molar-refractivity contribution in [3.63, 3.8) is 0 Å². The molecule has 2 fully saturated rings. The lowest BCUT2D eigenvalue weighted by molar-refractivity contribution is 0.146. The molecule has 1 aromatic rings. The normalized spacial score (nSPS) is 26.7. The monoisotopic (exact) mass is 354 g/mol. The van der Waals surface area contributed by atoms with E-state index in [0.717, 1.165) is 25.7 Å². The summed E-state index contributed by atoms with van der Waals surface area (Å²) in [5, 5.41) is 3.55. The van der Waals surface area contributed by atoms with Gasteiger partial charge in [0.25, 0.3) is 0 Å². The van der Waals surface area contributed by atoms with Gasteiger partial charge >= 0.3 is 0 Å². The summed E-state index contributed by atoms with van der Waals surface area (Å²) in [6.45, 7) is 0.946. The molecule has 134 valence electrons. The third kappa shape index (κ3) is 3.74. The zero-order valence-corrected chi connectivity index (χ0v) is 15.1. The summed E-state index contributed by atoms with van der Waals surface area (Å²) in [6, 6.07) is 7.62. The minimum absolute atomic E-state index is 0.0754. The van der Waals surface area contributed by atoms with Crippen LogP contribution in [0.2, 0.25) is 0 Å². The van der Waals surface area contributed by atoms with Crippen molar-refractivity contribution in [1.82, 2.24) is 9.62 Å². The maximum atomic E-state index is 12.9. The highest BCUT2D eigenvalue weighted by Crippen LogP contribution is 2.31. The first-order valence-electron chi connectivity index (χ1n) is 8.46. The largest absolute Gasteiger partial charge is 0.491 e. The number of ether oxygens (including phenoxy) is 2. The van der Waals surface area contributed by atoms with E-state index >= 15 is 0 Å². The molecule has 0 aromatic heterocycles. The lowest BCUT2D eigenvalue weighted by atomic mass is 10.0. The summed E-state index contributed by atoms with van der Waals surface area (Å²) in [6.07, 6.45) is 4.10. The molecule has 2 bridgehead atoms. The number of rotatable bonds is 7. The van der Waals surface area contributed by atoms with E-state index in [-0.39, 0.29) is 6.04 Å². The van der Waals surface area contributed by atoms with Crippen LogP contribution in [0.3, 0.4) is 0 Å². The maximum Gasteiger partial charge on any atom is 0.243 e. The molecule has 0 spiro atoms. The number of nitrogens with zero attached hydrogens (tertiary/aromatic N) is 1.